The summed E-state index contributed by atoms with van der Waals surface area (Å²) in [4.78, 5) is 14.7. The lowest BCUT2D eigenvalue weighted by molar-refractivity contribution is 0.0693. The SMILES string of the molecule is CCC1(C)CCN(c2cccc(SC)c2C(=O)O)CC1. The Bertz CT molecular complexity index is 493. The van der Waals surface area contributed by atoms with Crippen molar-refractivity contribution in [3.05, 3.63) is 23.8 Å². The summed E-state index contributed by atoms with van der Waals surface area (Å²) < 4.78 is 0. The van der Waals surface area contributed by atoms with Gasteiger partial charge < -0.3 is 10.0 Å². The quantitative estimate of drug-likeness (QED) is 0.848. The first-order valence-electron chi connectivity index (χ1n) is 7.16. The number of hydrogen-bond acceptors (Lipinski definition) is 3. The van der Waals surface area contributed by atoms with Crippen LogP contribution in [-0.2, 0) is 0 Å². The molecule has 110 valence electrons. The molecule has 0 amide bonds. The molecule has 0 radical (unpaired) electrons. The van der Waals surface area contributed by atoms with Gasteiger partial charge in [-0.1, -0.05) is 26.3 Å². The van der Waals surface area contributed by atoms with E-state index < -0.39 is 5.97 Å². The number of carbonyl (C=O) groups is 1. The number of rotatable bonds is 4. The number of carboxylic acid groups (broad SMARTS) is 1. The number of aromatic carboxylic acids is 1. The molecule has 1 heterocycles. The fraction of sp³-hybridized carbons (Fsp3) is 0.562. The highest BCUT2D eigenvalue weighted by Crippen LogP contribution is 2.38. The van der Waals surface area contributed by atoms with Crippen LogP contribution in [0.5, 0.6) is 0 Å². The highest BCUT2D eigenvalue weighted by molar-refractivity contribution is 7.98. The highest BCUT2D eigenvalue weighted by atomic mass is 32.2. The number of piperidine rings is 1. The van der Waals surface area contributed by atoms with Crippen LogP contribution < -0.4 is 4.90 Å². The summed E-state index contributed by atoms with van der Waals surface area (Å²) >= 11 is 1.50. The summed E-state index contributed by atoms with van der Waals surface area (Å²) in [5.74, 6) is -0.825. The van der Waals surface area contributed by atoms with Crippen molar-refractivity contribution in [2.75, 3.05) is 24.2 Å². The molecule has 3 nitrogen and oxygen atoms in total. The average Bonchev–Trinajstić information content (AvgIpc) is 2.47. The van der Waals surface area contributed by atoms with E-state index in [1.54, 1.807) is 0 Å². The predicted octanol–water partition coefficient (Wildman–Crippen LogP) is 4.12. The van der Waals surface area contributed by atoms with Crippen molar-refractivity contribution in [1.82, 2.24) is 0 Å². The summed E-state index contributed by atoms with van der Waals surface area (Å²) in [7, 11) is 0. The third-order valence-corrected chi connectivity index (χ3v) is 5.38. The van der Waals surface area contributed by atoms with Crippen molar-refractivity contribution >= 4 is 23.4 Å². The van der Waals surface area contributed by atoms with E-state index in [0.29, 0.717) is 11.0 Å². The maximum absolute atomic E-state index is 11.6. The van der Waals surface area contributed by atoms with E-state index in [1.165, 1.54) is 18.2 Å². The van der Waals surface area contributed by atoms with Crippen LogP contribution in [0.2, 0.25) is 0 Å². The Morgan fingerprint density at radius 1 is 1.40 bits per heavy atom. The van der Waals surface area contributed by atoms with Gasteiger partial charge in [0.25, 0.3) is 0 Å². The number of benzene rings is 1. The topological polar surface area (TPSA) is 40.5 Å². The van der Waals surface area contributed by atoms with E-state index in [0.717, 1.165) is 36.5 Å². The molecule has 1 aliphatic rings. The van der Waals surface area contributed by atoms with E-state index in [9.17, 15) is 9.90 Å². The van der Waals surface area contributed by atoms with E-state index in [-0.39, 0.29) is 0 Å². The predicted molar refractivity (Wildman–Crippen MR) is 85.0 cm³/mol. The third-order valence-electron chi connectivity index (χ3n) is 4.60. The van der Waals surface area contributed by atoms with Gasteiger partial charge >= 0.3 is 5.97 Å². The minimum absolute atomic E-state index is 0.414. The van der Waals surface area contributed by atoms with Crippen molar-refractivity contribution in [3.63, 3.8) is 0 Å². The number of carboxylic acids is 1. The van der Waals surface area contributed by atoms with Gasteiger partial charge in [-0.15, -0.1) is 11.8 Å². The average molecular weight is 293 g/mol. The summed E-state index contributed by atoms with van der Waals surface area (Å²) in [6.45, 7) is 6.47. The second-order valence-electron chi connectivity index (χ2n) is 5.81. The van der Waals surface area contributed by atoms with Gasteiger partial charge in [0.15, 0.2) is 0 Å². The molecule has 0 saturated carbocycles. The monoisotopic (exact) mass is 293 g/mol. The third kappa shape index (κ3) is 2.95. The van der Waals surface area contributed by atoms with Gasteiger partial charge in [0.2, 0.25) is 0 Å². The lowest BCUT2D eigenvalue weighted by atomic mass is 9.78. The molecule has 1 aliphatic heterocycles. The maximum atomic E-state index is 11.6. The zero-order valence-electron chi connectivity index (χ0n) is 12.5. The molecule has 20 heavy (non-hydrogen) atoms. The number of nitrogens with zero attached hydrogens (tertiary/aromatic N) is 1. The molecule has 0 bridgehead atoms. The van der Waals surface area contributed by atoms with Crippen LogP contribution in [0.25, 0.3) is 0 Å². The second kappa shape index (κ2) is 6.08. The van der Waals surface area contributed by atoms with Crippen molar-refractivity contribution in [2.24, 2.45) is 5.41 Å². The van der Waals surface area contributed by atoms with Gasteiger partial charge in [-0.3, -0.25) is 0 Å². The van der Waals surface area contributed by atoms with Crippen molar-refractivity contribution in [1.29, 1.82) is 0 Å². The summed E-state index contributed by atoms with van der Waals surface area (Å²) in [6.07, 6.45) is 5.38. The Hall–Kier alpha value is -1.16. The Kier molecular flexibility index (Phi) is 4.63. The molecule has 1 aromatic rings. The van der Waals surface area contributed by atoms with Crippen LogP contribution in [-0.4, -0.2) is 30.4 Å². The minimum Gasteiger partial charge on any atom is -0.478 e. The first-order valence-corrected chi connectivity index (χ1v) is 8.38. The molecule has 4 heteroatoms. The van der Waals surface area contributed by atoms with Crippen LogP contribution >= 0.6 is 11.8 Å². The number of thioether (sulfide) groups is 1. The fourth-order valence-corrected chi connectivity index (χ4v) is 3.42. The molecule has 0 aromatic heterocycles. The van der Waals surface area contributed by atoms with Crippen LogP contribution in [0, 0.1) is 5.41 Å². The molecule has 0 unspecified atom stereocenters. The standard InChI is InChI=1S/C16H23NO2S/c1-4-16(2)8-10-17(11-9-16)12-6-5-7-13(20-3)14(12)15(18)19/h5-7H,4,8-11H2,1-3H3,(H,18,19). The molecular formula is C16H23NO2S. The fourth-order valence-electron chi connectivity index (χ4n) is 2.81. The van der Waals surface area contributed by atoms with E-state index in [2.05, 4.69) is 18.7 Å². The highest BCUT2D eigenvalue weighted by Gasteiger charge is 2.30. The van der Waals surface area contributed by atoms with E-state index in [1.807, 2.05) is 24.5 Å². The van der Waals surface area contributed by atoms with Crippen LogP contribution in [0.3, 0.4) is 0 Å². The maximum Gasteiger partial charge on any atom is 0.338 e. The largest absolute Gasteiger partial charge is 0.478 e. The van der Waals surface area contributed by atoms with Crippen molar-refractivity contribution in [2.45, 2.75) is 38.0 Å². The molecule has 0 atom stereocenters. The Morgan fingerprint density at radius 2 is 2.05 bits per heavy atom. The number of anilines is 1. The lowest BCUT2D eigenvalue weighted by Gasteiger charge is -2.40. The molecular weight excluding hydrogens is 270 g/mol. The second-order valence-corrected chi connectivity index (χ2v) is 6.66. The molecule has 1 aromatic carbocycles. The van der Waals surface area contributed by atoms with E-state index in [4.69, 9.17) is 0 Å². The Balaban J connectivity index is 2.28. The molecule has 1 N–H and O–H groups in total. The molecule has 2 rings (SSSR count). The summed E-state index contributed by atoms with van der Waals surface area (Å²) in [5, 5.41) is 9.52. The minimum atomic E-state index is -0.825. The Morgan fingerprint density at radius 3 is 2.55 bits per heavy atom. The molecule has 0 aliphatic carbocycles. The summed E-state index contributed by atoms with van der Waals surface area (Å²) in [5.41, 5.74) is 1.75. The van der Waals surface area contributed by atoms with Gasteiger partial charge in [0.1, 0.15) is 0 Å². The van der Waals surface area contributed by atoms with Gasteiger partial charge in [0.05, 0.1) is 11.3 Å². The zero-order chi connectivity index (χ0) is 14.8. The van der Waals surface area contributed by atoms with Gasteiger partial charge in [-0.2, -0.15) is 0 Å². The van der Waals surface area contributed by atoms with E-state index >= 15 is 0 Å². The summed E-state index contributed by atoms with van der Waals surface area (Å²) in [6, 6.07) is 5.79. The zero-order valence-corrected chi connectivity index (χ0v) is 13.3. The van der Waals surface area contributed by atoms with Crippen LogP contribution in [0.1, 0.15) is 43.5 Å². The first kappa shape index (κ1) is 15.2. The van der Waals surface area contributed by atoms with Crippen LogP contribution in [0.15, 0.2) is 23.1 Å². The Labute approximate surface area is 125 Å². The van der Waals surface area contributed by atoms with Gasteiger partial charge in [-0.05, 0) is 36.6 Å². The molecule has 1 saturated heterocycles. The van der Waals surface area contributed by atoms with Crippen molar-refractivity contribution < 1.29 is 9.90 Å². The molecule has 1 fully saturated rings. The van der Waals surface area contributed by atoms with Crippen LogP contribution in [0.4, 0.5) is 5.69 Å². The smallest absolute Gasteiger partial charge is 0.338 e. The normalized spacial score (nSPS) is 18.1. The van der Waals surface area contributed by atoms with Gasteiger partial charge in [-0.25, -0.2) is 4.79 Å². The molecule has 0 spiro atoms. The lowest BCUT2D eigenvalue weighted by Crippen LogP contribution is -2.39. The number of hydrogen-bond donors (Lipinski definition) is 1. The van der Waals surface area contributed by atoms with Gasteiger partial charge in [0, 0.05) is 18.0 Å². The first-order chi connectivity index (χ1) is 9.50. The van der Waals surface area contributed by atoms with Crippen molar-refractivity contribution in [3.8, 4) is 0 Å².